The number of carbonyl (C=O) groups excluding carboxylic acids is 1. The van der Waals surface area contributed by atoms with Crippen molar-refractivity contribution in [3.63, 3.8) is 0 Å². The number of nitrogens with zero attached hydrogens (tertiary/aromatic N) is 2. The topological polar surface area (TPSA) is 53.0 Å². The fraction of sp³-hybridized carbons (Fsp3) is 0.562. The summed E-state index contributed by atoms with van der Waals surface area (Å²) >= 11 is 0. The minimum absolute atomic E-state index is 0.0591. The van der Waals surface area contributed by atoms with Crippen molar-refractivity contribution in [1.29, 1.82) is 0 Å². The van der Waals surface area contributed by atoms with E-state index in [4.69, 9.17) is 0 Å². The number of piperazine rings is 1. The molecular weight excluding hydrogens is 325 g/mol. The predicted octanol–water partition coefficient (Wildman–Crippen LogP) is 1.65. The molecule has 1 fully saturated rings. The van der Waals surface area contributed by atoms with Crippen molar-refractivity contribution in [2.45, 2.75) is 25.8 Å². The number of amides is 1. The summed E-state index contributed by atoms with van der Waals surface area (Å²) in [6.07, 6.45) is -4.98. The van der Waals surface area contributed by atoms with Gasteiger partial charge in [-0.05, 0) is 24.6 Å². The highest BCUT2D eigenvalue weighted by atomic mass is 19.4. The second-order valence-electron chi connectivity index (χ2n) is 5.90. The molecule has 1 amide bonds. The normalized spacial score (nSPS) is 17.6. The molecule has 8 heteroatoms. The number of hydrogen-bond donors (Lipinski definition) is 1. The van der Waals surface area contributed by atoms with E-state index in [0.29, 0.717) is 38.3 Å². The summed E-state index contributed by atoms with van der Waals surface area (Å²) in [7, 11) is 0. The number of carbonyl (C=O) groups is 1. The maximum Gasteiger partial charge on any atom is 0.573 e. The maximum absolute atomic E-state index is 12.3. The highest BCUT2D eigenvalue weighted by molar-refractivity contribution is 5.78. The second-order valence-corrected chi connectivity index (χ2v) is 5.90. The SMILES string of the molecule is C[C@H](O)CN1CCN(C(=O)Cc2ccc(OC(F)(F)F)cc2)CC1. The lowest BCUT2D eigenvalue weighted by Gasteiger charge is -2.35. The molecule has 5 nitrogen and oxygen atoms in total. The van der Waals surface area contributed by atoms with E-state index in [1.54, 1.807) is 11.8 Å². The summed E-state index contributed by atoms with van der Waals surface area (Å²) < 4.78 is 40.1. The molecule has 1 atom stereocenters. The molecule has 24 heavy (non-hydrogen) atoms. The van der Waals surface area contributed by atoms with Gasteiger partial charge in [0.05, 0.1) is 12.5 Å². The van der Waals surface area contributed by atoms with Gasteiger partial charge >= 0.3 is 6.36 Å². The van der Waals surface area contributed by atoms with Crippen LogP contribution in [0.1, 0.15) is 12.5 Å². The Kier molecular flexibility index (Phi) is 6.06. The third-order valence-corrected chi connectivity index (χ3v) is 3.76. The first-order valence-electron chi connectivity index (χ1n) is 7.76. The van der Waals surface area contributed by atoms with Gasteiger partial charge in [0, 0.05) is 32.7 Å². The number of alkyl halides is 3. The summed E-state index contributed by atoms with van der Waals surface area (Å²) in [5, 5.41) is 9.36. The van der Waals surface area contributed by atoms with Crippen molar-refractivity contribution in [2.75, 3.05) is 32.7 Å². The van der Waals surface area contributed by atoms with Gasteiger partial charge < -0.3 is 14.7 Å². The molecule has 0 unspecified atom stereocenters. The van der Waals surface area contributed by atoms with Crippen LogP contribution in [0.2, 0.25) is 0 Å². The number of halogens is 3. The number of aliphatic hydroxyl groups excluding tert-OH is 1. The quantitative estimate of drug-likeness (QED) is 0.881. The predicted molar refractivity (Wildman–Crippen MR) is 81.5 cm³/mol. The molecule has 1 aromatic carbocycles. The summed E-state index contributed by atoms with van der Waals surface area (Å²) in [5.41, 5.74) is 0.640. The Morgan fingerprint density at radius 3 is 2.29 bits per heavy atom. The number of hydrogen-bond acceptors (Lipinski definition) is 4. The minimum Gasteiger partial charge on any atom is -0.406 e. The lowest BCUT2D eigenvalue weighted by Crippen LogP contribution is -2.50. The van der Waals surface area contributed by atoms with Gasteiger partial charge in [0.25, 0.3) is 0 Å². The van der Waals surface area contributed by atoms with E-state index in [0.717, 1.165) is 0 Å². The average molecular weight is 346 g/mol. The third kappa shape index (κ3) is 6.01. The Morgan fingerprint density at radius 1 is 1.21 bits per heavy atom. The molecule has 0 spiro atoms. The van der Waals surface area contributed by atoms with Gasteiger partial charge in [-0.25, -0.2) is 0 Å². The molecule has 1 aromatic rings. The highest BCUT2D eigenvalue weighted by Crippen LogP contribution is 2.23. The fourth-order valence-corrected chi connectivity index (χ4v) is 2.65. The van der Waals surface area contributed by atoms with Crippen molar-refractivity contribution in [3.8, 4) is 5.75 Å². The Hall–Kier alpha value is -1.80. The Bertz CT molecular complexity index is 538. The van der Waals surface area contributed by atoms with Crippen LogP contribution in [0.5, 0.6) is 5.75 Å². The molecular formula is C16H21F3N2O3. The van der Waals surface area contributed by atoms with E-state index < -0.39 is 12.5 Å². The molecule has 1 saturated heterocycles. The molecule has 2 rings (SSSR count). The summed E-state index contributed by atoms with van der Waals surface area (Å²) in [5.74, 6) is -0.360. The molecule has 1 heterocycles. The van der Waals surface area contributed by atoms with E-state index >= 15 is 0 Å². The van der Waals surface area contributed by atoms with Gasteiger partial charge in [-0.15, -0.1) is 13.2 Å². The Morgan fingerprint density at radius 2 is 1.79 bits per heavy atom. The summed E-state index contributed by atoms with van der Waals surface area (Å²) in [4.78, 5) is 16.1. The zero-order valence-corrected chi connectivity index (χ0v) is 13.4. The average Bonchev–Trinajstić information content (AvgIpc) is 2.48. The van der Waals surface area contributed by atoms with Crippen LogP contribution in [-0.2, 0) is 11.2 Å². The van der Waals surface area contributed by atoms with Gasteiger partial charge in [-0.2, -0.15) is 0 Å². The molecule has 0 radical (unpaired) electrons. The molecule has 0 bridgehead atoms. The minimum atomic E-state index is -4.72. The third-order valence-electron chi connectivity index (χ3n) is 3.76. The number of benzene rings is 1. The van der Waals surface area contributed by atoms with E-state index in [2.05, 4.69) is 9.64 Å². The monoisotopic (exact) mass is 346 g/mol. The van der Waals surface area contributed by atoms with Crippen LogP contribution in [0.3, 0.4) is 0 Å². The van der Waals surface area contributed by atoms with Gasteiger partial charge in [-0.3, -0.25) is 9.69 Å². The molecule has 1 aliphatic heterocycles. The molecule has 1 aliphatic rings. The van der Waals surface area contributed by atoms with Crippen molar-refractivity contribution in [3.05, 3.63) is 29.8 Å². The van der Waals surface area contributed by atoms with E-state index in [1.807, 2.05) is 0 Å². The number of β-amino-alcohol motifs (C(OH)–C–C–N with tert-alkyl or cyclic N) is 1. The Balaban J connectivity index is 1.82. The van der Waals surface area contributed by atoms with Gasteiger partial charge in [0.15, 0.2) is 0 Å². The molecule has 1 N–H and O–H groups in total. The highest BCUT2D eigenvalue weighted by Gasteiger charge is 2.31. The molecule has 134 valence electrons. The smallest absolute Gasteiger partial charge is 0.406 e. The first-order valence-corrected chi connectivity index (χ1v) is 7.76. The van der Waals surface area contributed by atoms with E-state index in [9.17, 15) is 23.1 Å². The van der Waals surface area contributed by atoms with Crippen LogP contribution in [0.15, 0.2) is 24.3 Å². The largest absolute Gasteiger partial charge is 0.573 e. The van der Waals surface area contributed by atoms with Crippen LogP contribution in [0.25, 0.3) is 0 Å². The van der Waals surface area contributed by atoms with E-state index in [1.165, 1.54) is 24.3 Å². The summed E-state index contributed by atoms with van der Waals surface area (Å²) in [6, 6.07) is 5.33. The van der Waals surface area contributed by atoms with Crippen LogP contribution in [-0.4, -0.2) is 66.0 Å². The first-order chi connectivity index (χ1) is 11.2. The van der Waals surface area contributed by atoms with Gasteiger partial charge in [0.1, 0.15) is 5.75 Å². The van der Waals surface area contributed by atoms with Crippen LogP contribution < -0.4 is 4.74 Å². The lowest BCUT2D eigenvalue weighted by atomic mass is 10.1. The number of ether oxygens (including phenoxy) is 1. The van der Waals surface area contributed by atoms with Gasteiger partial charge in [-0.1, -0.05) is 12.1 Å². The van der Waals surface area contributed by atoms with Crippen LogP contribution >= 0.6 is 0 Å². The van der Waals surface area contributed by atoms with Crippen molar-refractivity contribution < 1.29 is 27.8 Å². The van der Waals surface area contributed by atoms with Gasteiger partial charge in [0.2, 0.25) is 5.91 Å². The molecule has 0 saturated carbocycles. The summed E-state index contributed by atoms with van der Waals surface area (Å²) in [6.45, 7) is 4.89. The molecule has 0 aliphatic carbocycles. The fourth-order valence-electron chi connectivity index (χ4n) is 2.65. The second kappa shape index (κ2) is 7.85. The standard InChI is InChI=1S/C16H21F3N2O3/c1-12(22)11-20-6-8-21(9-7-20)15(23)10-13-2-4-14(5-3-13)24-16(17,18)19/h2-5,12,22H,6-11H2,1H3/t12-/m0/s1. The van der Waals surface area contributed by atoms with Crippen LogP contribution in [0.4, 0.5) is 13.2 Å². The number of rotatable bonds is 5. The zero-order valence-electron chi connectivity index (χ0n) is 13.4. The van der Waals surface area contributed by atoms with Crippen molar-refractivity contribution >= 4 is 5.91 Å². The zero-order chi connectivity index (χ0) is 17.7. The first kappa shape index (κ1) is 18.5. The van der Waals surface area contributed by atoms with E-state index in [-0.39, 0.29) is 18.1 Å². The molecule has 0 aromatic heterocycles. The van der Waals surface area contributed by atoms with Crippen molar-refractivity contribution in [1.82, 2.24) is 9.80 Å². The number of aliphatic hydroxyl groups is 1. The maximum atomic E-state index is 12.3. The van der Waals surface area contributed by atoms with Crippen molar-refractivity contribution in [2.24, 2.45) is 0 Å². The lowest BCUT2D eigenvalue weighted by molar-refractivity contribution is -0.274. The van der Waals surface area contributed by atoms with Crippen LogP contribution in [0, 0.1) is 0 Å². The Labute approximate surface area is 138 Å².